The van der Waals surface area contributed by atoms with Gasteiger partial charge in [-0.15, -0.1) is 0 Å². The number of para-hydroxylation sites is 1. The molecule has 0 bridgehead atoms. The van der Waals surface area contributed by atoms with Gasteiger partial charge in [0.2, 0.25) is 5.82 Å². The average molecular weight is 463 g/mol. The van der Waals surface area contributed by atoms with Crippen molar-refractivity contribution >= 4 is 5.97 Å². The molecular formula is C25H26N4O5. The van der Waals surface area contributed by atoms with Crippen molar-refractivity contribution in [1.29, 1.82) is 5.26 Å². The van der Waals surface area contributed by atoms with Gasteiger partial charge in [-0.1, -0.05) is 17.3 Å². The minimum atomic E-state index is -0.804. The lowest BCUT2D eigenvalue weighted by Gasteiger charge is -2.18. The van der Waals surface area contributed by atoms with E-state index in [1.807, 2.05) is 32.0 Å². The standard InChI is InChI=1S/C25H26N4O5/c1-15(2)33-21-10-9-16(13-17(21)14-26)25-28-24(29-34-25)19-6-3-5-18-20(7-4-8-22(30)31)27-11-12-32-23(18)19/h3,5-6,9-10,13,15,20,27H,4,7-8,11-12H2,1-2H3,(H,30,31). The van der Waals surface area contributed by atoms with Gasteiger partial charge in [0, 0.05) is 30.1 Å². The fraction of sp³-hybridized carbons (Fsp3) is 0.360. The molecule has 34 heavy (non-hydrogen) atoms. The van der Waals surface area contributed by atoms with Gasteiger partial charge in [-0.2, -0.15) is 10.2 Å². The van der Waals surface area contributed by atoms with Gasteiger partial charge in [-0.05, 0) is 51.0 Å². The quantitative estimate of drug-likeness (QED) is 0.502. The average Bonchev–Trinajstić information content (AvgIpc) is 3.21. The van der Waals surface area contributed by atoms with E-state index < -0.39 is 5.97 Å². The maximum Gasteiger partial charge on any atom is 0.303 e. The van der Waals surface area contributed by atoms with E-state index in [9.17, 15) is 10.1 Å². The van der Waals surface area contributed by atoms with Crippen LogP contribution in [0.4, 0.5) is 0 Å². The monoisotopic (exact) mass is 462 g/mol. The molecule has 2 heterocycles. The second-order valence-electron chi connectivity index (χ2n) is 8.28. The van der Waals surface area contributed by atoms with Gasteiger partial charge in [-0.25, -0.2) is 0 Å². The lowest BCUT2D eigenvalue weighted by atomic mass is 9.97. The van der Waals surface area contributed by atoms with E-state index in [4.69, 9.17) is 19.1 Å². The first-order valence-electron chi connectivity index (χ1n) is 11.2. The van der Waals surface area contributed by atoms with Crippen molar-refractivity contribution in [3.8, 4) is 40.4 Å². The second kappa shape index (κ2) is 10.4. The number of carboxylic acids is 1. The Morgan fingerprint density at radius 2 is 2.21 bits per heavy atom. The van der Waals surface area contributed by atoms with E-state index in [1.165, 1.54) is 0 Å². The fourth-order valence-corrected chi connectivity index (χ4v) is 3.93. The van der Waals surface area contributed by atoms with Crippen LogP contribution in [-0.2, 0) is 4.79 Å². The number of carboxylic acid groups (broad SMARTS) is 1. The molecule has 1 unspecified atom stereocenters. The highest BCUT2D eigenvalue weighted by Gasteiger charge is 2.24. The van der Waals surface area contributed by atoms with Crippen molar-refractivity contribution in [3.63, 3.8) is 0 Å². The Morgan fingerprint density at radius 3 is 2.97 bits per heavy atom. The third kappa shape index (κ3) is 5.18. The highest BCUT2D eigenvalue weighted by molar-refractivity contribution is 5.69. The van der Waals surface area contributed by atoms with Crippen molar-refractivity contribution in [2.75, 3.05) is 13.2 Å². The van der Waals surface area contributed by atoms with Crippen molar-refractivity contribution in [3.05, 3.63) is 47.5 Å². The Hall–Kier alpha value is -3.90. The molecule has 2 N–H and O–H groups in total. The van der Waals surface area contributed by atoms with Crippen LogP contribution in [0.2, 0.25) is 0 Å². The summed E-state index contributed by atoms with van der Waals surface area (Å²) in [5.41, 5.74) is 2.63. The predicted octanol–water partition coefficient (Wildman–Crippen LogP) is 4.34. The van der Waals surface area contributed by atoms with Gasteiger partial charge in [0.15, 0.2) is 0 Å². The van der Waals surface area contributed by atoms with Crippen molar-refractivity contribution in [1.82, 2.24) is 15.5 Å². The topological polar surface area (TPSA) is 130 Å². The lowest BCUT2D eigenvalue weighted by Crippen LogP contribution is -2.23. The smallest absolute Gasteiger partial charge is 0.303 e. The third-order valence-electron chi connectivity index (χ3n) is 5.42. The second-order valence-corrected chi connectivity index (χ2v) is 8.28. The highest BCUT2D eigenvalue weighted by atomic mass is 16.5. The number of fused-ring (bicyclic) bond motifs is 1. The SMILES string of the molecule is CC(C)Oc1ccc(-c2nc(-c3cccc4c3OCCNC4CCCC(=O)O)no2)cc1C#N. The molecule has 3 aromatic rings. The zero-order valence-corrected chi connectivity index (χ0v) is 19.1. The van der Waals surface area contributed by atoms with Crippen LogP contribution < -0.4 is 14.8 Å². The minimum Gasteiger partial charge on any atom is -0.491 e. The number of aliphatic carboxylic acids is 1. The summed E-state index contributed by atoms with van der Waals surface area (Å²) >= 11 is 0. The van der Waals surface area contributed by atoms with Crippen LogP contribution in [0.25, 0.3) is 22.8 Å². The van der Waals surface area contributed by atoms with Gasteiger partial charge in [-0.3, -0.25) is 4.79 Å². The highest BCUT2D eigenvalue weighted by Crippen LogP contribution is 2.38. The first-order chi connectivity index (χ1) is 16.5. The molecule has 0 aliphatic carbocycles. The zero-order chi connectivity index (χ0) is 24.1. The molecule has 4 rings (SSSR count). The van der Waals surface area contributed by atoms with Crippen LogP contribution in [0.3, 0.4) is 0 Å². The molecule has 1 aliphatic heterocycles. The minimum absolute atomic E-state index is 0.0325. The molecule has 176 valence electrons. The van der Waals surface area contributed by atoms with Gasteiger partial charge < -0.3 is 24.4 Å². The number of hydrogen-bond acceptors (Lipinski definition) is 8. The number of rotatable bonds is 8. The Balaban J connectivity index is 1.63. The van der Waals surface area contributed by atoms with Crippen LogP contribution in [0.15, 0.2) is 40.9 Å². The molecule has 1 atom stereocenters. The molecule has 0 saturated heterocycles. The Labute approximate surface area is 197 Å². The summed E-state index contributed by atoms with van der Waals surface area (Å²) in [6.07, 6.45) is 1.30. The van der Waals surface area contributed by atoms with Crippen LogP contribution >= 0.6 is 0 Å². The van der Waals surface area contributed by atoms with Gasteiger partial charge in [0.05, 0.1) is 17.2 Å². The molecule has 0 saturated carbocycles. The van der Waals surface area contributed by atoms with Crippen LogP contribution in [0.5, 0.6) is 11.5 Å². The molecule has 9 nitrogen and oxygen atoms in total. The van der Waals surface area contributed by atoms with Crippen molar-refractivity contribution in [2.45, 2.75) is 45.3 Å². The molecular weight excluding hydrogens is 436 g/mol. The fourth-order valence-electron chi connectivity index (χ4n) is 3.93. The normalized spacial score (nSPS) is 15.2. The molecule has 1 aromatic heterocycles. The summed E-state index contributed by atoms with van der Waals surface area (Å²) in [6.45, 7) is 4.91. The maximum atomic E-state index is 10.9. The molecule has 0 fully saturated rings. The summed E-state index contributed by atoms with van der Waals surface area (Å²) in [5, 5.41) is 26.1. The molecule has 2 aromatic carbocycles. The van der Waals surface area contributed by atoms with E-state index in [-0.39, 0.29) is 24.5 Å². The number of nitrogens with one attached hydrogen (secondary N) is 1. The Kier molecular flexibility index (Phi) is 7.09. The van der Waals surface area contributed by atoms with Crippen molar-refractivity contribution < 1.29 is 23.9 Å². The number of carbonyl (C=O) groups is 1. The first kappa shape index (κ1) is 23.3. The van der Waals surface area contributed by atoms with Crippen LogP contribution in [0.1, 0.15) is 50.3 Å². The number of hydrogen-bond donors (Lipinski definition) is 2. The summed E-state index contributed by atoms with van der Waals surface area (Å²) in [4.78, 5) is 15.5. The zero-order valence-electron chi connectivity index (χ0n) is 19.1. The molecule has 1 aliphatic rings. The summed E-state index contributed by atoms with van der Waals surface area (Å²) in [5.74, 6) is 1.02. The van der Waals surface area contributed by atoms with E-state index >= 15 is 0 Å². The molecule has 0 amide bonds. The third-order valence-corrected chi connectivity index (χ3v) is 5.42. The maximum absolute atomic E-state index is 10.9. The van der Waals surface area contributed by atoms with Gasteiger partial charge >= 0.3 is 5.97 Å². The van der Waals surface area contributed by atoms with E-state index in [1.54, 1.807) is 18.2 Å². The lowest BCUT2D eigenvalue weighted by molar-refractivity contribution is -0.137. The summed E-state index contributed by atoms with van der Waals surface area (Å²) in [7, 11) is 0. The van der Waals surface area contributed by atoms with Gasteiger partial charge in [0.25, 0.3) is 5.89 Å². The largest absolute Gasteiger partial charge is 0.491 e. The van der Waals surface area contributed by atoms with E-state index in [0.29, 0.717) is 60.0 Å². The van der Waals surface area contributed by atoms with Crippen LogP contribution in [-0.4, -0.2) is 40.5 Å². The number of nitrogens with zero attached hydrogens (tertiary/aromatic N) is 3. The number of aromatic nitrogens is 2. The number of benzene rings is 2. The summed E-state index contributed by atoms with van der Waals surface area (Å²) in [6, 6.07) is 13.0. The Morgan fingerprint density at radius 1 is 1.35 bits per heavy atom. The van der Waals surface area contributed by atoms with Gasteiger partial charge in [0.1, 0.15) is 24.2 Å². The Bertz CT molecular complexity index is 1210. The number of ether oxygens (including phenoxy) is 2. The first-order valence-corrected chi connectivity index (χ1v) is 11.2. The number of nitriles is 1. The van der Waals surface area contributed by atoms with E-state index in [0.717, 1.165) is 5.56 Å². The predicted molar refractivity (Wildman–Crippen MR) is 123 cm³/mol. The van der Waals surface area contributed by atoms with Crippen molar-refractivity contribution in [2.24, 2.45) is 0 Å². The molecule has 0 radical (unpaired) electrons. The summed E-state index contributed by atoms with van der Waals surface area (Å²) < 4.78 is 17.2. The molecule has 9 heteroatoms. The molecule has 0 spiro atoms. The van der Waals surface area contributed by atoms with E-state index in [2.05, 4.69) is 21.5 Å². The van der Waals surface area contributed by atoms with Crippen LogP contribution in [0, 0.1) is 11.3 Å².